The molecule has 1 fully saturated rings. The normalized spacial score (nSPS) is 17.5. The Labute approximate surface area is 241 Å². The van der Waals surface area contributed by atoms with Crippen LogP contribution in [0.1, 0.15) is 40.9 Å². The van der Waals surface area contributed by atoms with Gasteiger partial charge in [0, 0.05) is 43.5 Å². The minimum atomic E-state index is -2.01. The zero-order valence-electron chi connectivity index (χ0n) is 21.8. The Kier molecular flexibility index (Phi) is 8.59. The maximum Gasteiger partial charge on any atom is 0.526 e. The van der Waals surface area contributed by atoms with Crippen LogP contribution in [0.5, 0.6) is 17.2 Å². The van der Waals surface area contributed by atoms with Crippen molar-refractivity contribution >= 4 is 48.3 Å². The number of halogens is 3. The van der Waals surface area contributed by atoms with Gasteiger partial charge in [-0.3, -0.25) is 19.3 Å². The van der Waals surface area contributed by atoms with E-state index < -0.39 is 100 Å². The van der Waals surface area contributed by atoms with Crippen LogP contribution in [-0.2, 0) is 20.8 Å². The number of nitrogens with zero attached hydrogens (tertiary/aromatic N) is 2. The summed E-state index contributed by atoms with van der Waals surface area (Å²) in [5.41, 5.74) is -1.46. The molecule has 17 heteroatoms. The fraction of sp³-hybridized carbons (Fsp3) is 0.320. The number of Topliss-reactive ketones (excluding diaryl/α,β-unsaturated/α-hetero) is 1. The van der Waals surface area contributed by atoms with E-state index in [2.05, 4.69) is 5.32 Å². The molecule has 0 radical (unpaired) electrons. The predicted octanol–water partition coefficient (Wildman–Crippen LogP) is 1.61. The summed E-state index contributed by atoms with van der Waals surface area (Å²) < 4.78 is 34.4. The van der Waals surface area contributed by atoms with E-state index in [0.29, 0.717) is 11.0 Å². The Bertz CT molecular complexity index is 1510. The van der Waals surface area contributed by atoms with E-state index in [1.807, 2.05) is 0 Å². The van der Waals surface area contributed by atoms with Gasteiger partial charge in [-0.2, -0.15) is 0 Å². The molecule has 0 saturated carbocycles. The minimum Gasteiger partial charge on any atom is -0.535 e. The van der Waals surface area contributed by atoms with Gasteiger partial charge in [0.15, 0.2) is 17.3 Å². The van der Waals surface area contributed by atoms with Crippen molar-refractivity contribution < 1.29 is 57.8 Å². The fourth-order valence-corrected chi connectivity index (χ4v) is 5.10. The average Bonchev–Trinajstić information content (AvgIpc) is 2.92. The number of carboxylic acids is 1. The highest BCUT2D eigenvalue weighted by atomic mass is 35.5. The van der Waals surface area contributed by atoms with Crippen LogP contribution >= 0.6 is 11.6 Å². The number of benzene rings is 2. The first-order chi connectivity index (χ1) is 19.8. The number of carbonyl (C=O) groups is 5. The third-order valence-electron chi connectivity index (χ3n) is 7.01. The number of carbonyl (C=O) groups excluding carboxylic acids is 4. The first-order valence-electron chi connectivity index (χ1n) is 12.5. The molecule has 13 nitrogen and oxygen atoms in total. The van der Waals surface area contributed by atoms with Crippen molar-refractivity contribution in [2.75, 3.05) is 19.6 Å². The van der Waals surface area contributed by atoms with Gasteiger partial charge in [-0.1, -0.05) is 17.7 Å². The number of imide groups is 1. The van der Waals surface area contributed by atoms with Crippen LogP contribution in [-0.4, -0.2) is 86.5 Å². The van der Waals surface area contributed by atoms with Crippen molar-refractivity contribution in [3.63, 3.8) is 0 Å². The number of likely N-dealkylation sites (N-methyl/N-ethyl adjacent to an activating group) is 1. The topological polar surface area (TPSA) is 194 Å². The third kappa shape index (κ3) is 5.54. The molecule has 2 aliphatic heterocycles. The minimum absolute atomic E-state index is 0.00778. The number of carboxylic acid groups (broad SMARTS) is 1. The summed E-state index contributed by atoms with van der Waals surface area (Å²) in [5, 5.41) is 41.0. The molecule has 0 aliphatic carbocycles. The number of hydrogen-bond donors (Lipinski definition) is 5. The number of amides is 4. The molecule has 2 aliphatic rings. The lowest BCUT2D eigenvalue weighted by molar-refractivity contribution is -0.153. The van der Waals surface area contributed by atoms with Crippen LogP contribution in [0.4, 0.5) is 13.6 Å². The van der Waals surface area contributed by atoms with E-state index in [-0.39, 0.29) is 31.6 Å². The standard InChI is InChI=1S/C25H23BClF2N3O10/c1-2-31-5-6-32(23(37)22(31)36)25(40)30-19(16-13(29)9-15(34)20(35)18(16)27)14(33)8-11-7-10-3-4-12(28)17(24(38)39)21(10)42-26(11)41/h3-4,9,11,19,34-35,41H,2,5-8H2,1H3,(H,30,40)(H,38,39)/t11-,19+/m1/s1. The summed E-state index contributed by atoms with van der Waals surface area (Å²) >= 11 is 6.04. The van der Waals surface area contributed by atoms with Crippen LogP contribution in [0.15, 0.2) is 18.2 Å². The first kappa shape index (κ1) is 30.5. The third-order valence-corrected chi connectivity index (χ3v) is 7.39. The molecule has 0 aromatic heterocycles. The number of phenolic OH excluding ortho intramolecular Hbond substituents is 2. The lowest BCUT2D eigenvalue weighted by Crippen LogP contribution is -2.58. The maximum atomic E-state index is 15.1. The van der Waals surface area contributed by atoms with Gasteiger partial charge >= 0.3 is 30.9 Å². The van der Waals surface area contributed by atoms with E-state index in [9.17, 15) is 48.7 Å². The van der Waals surface area contributed by atoms with Crippen LogP contribution < -0.4 is 9.97 Å². The number of phenols is 2. The van der Waals surface area contributed by atoms with E-state index >= 15 is 4.39 Å². The van der Waals surface area contributed by atoms with Gasteiger partial charge in [0.1, 0.15) is 29.0 Å². The highest BCUT2D eigenvalue weighted by Crippen LogP contribution is 2.42. The molecule has 4 amide bonds. The summed E-state index contributed by atoms with van der Waals surface area (Å²) in [6.07, 6.45) is -0.869. The van der Waals surface area contributed by atoms with Crippen molar-refractivity contribution in [2.24, 2.45) is 0 Å². The zero-order valence-corrected chi connectivity index (χ0v) is 22.5. The molecule has 0 unspecified atom stereocenters. The Morgan fingerprint density at radius 1 is 1.17 bits per heavy atom. The summed E-state index contributed by atoms with van der Waals surface area (Å²) in [6.45, 7) is 1.56. The van der Waals surface area contributed by atoms with Gasteiger partial charge in [0.05, 0.1) is 5.02 Å². The lowest BCUT2D eigenvalue weighted by Gasteiger charge is -2.33. The molecule has 1 saturated heterocycles. The van der Waals surface area contributed by atoms with E-state index in [0.717, 1.165) is 6.07 Å². The molecule has 2 heterocycles. The number of aromatic carboxylic acids is 1. The summed E-state index contributed by atoms with van der Waals surface area (Å²) in [7, 11) is -1.84. The molecule has 2 aromatic rings. The smallest absolute Gasteiger partial charge is 0.526 e. The Morgan fingerprint density at radius 3 is 2.50 bits per heavy atom. The average molecular weight is 610 g/mol. The summed E-state index contributed by atoms with van der Waals surface area (Å²) in [6, 6.07) is -0.768. The van der Waals surface area contributed by atoms with Gasteiger partial charge in [-0.05, 0) is 25.0 Å². The molecule has 5 N–H and O–H groups in total. The van der Waals surface area contributed by atoms with Gasteiger partial charge < -0.3 is 35.2 Å². The van der Waals surface area contributed by atoms with Gasteiger partial charge in [-0.25, -0.2) is 18.4 Å². The van der Waals surface area contributed by atoms with Crippen molar-refractivity contribution in [3.05, 3.63) is 51.5 Å². The second-order valence-electron chi connectivity index (χ2n) is 9.54. The highest BCUT2D eigenvalue weighted by molar-refractivity contribution is 6.47. The lowest BCUT2D eigenvalue weighted by atomic mass is 9.64. The summed E-state index contributed by atoms with van der Waals surface area (Å²) in [4.78, 5) is 64.7. The molecule has 0 spiro atoms. The molecule has 222 valence electrons. The second-order valence-corrected chi connectivity index (χ2v) is 9.91. The number of hydrogen-bond acceptors (Lipinski definition) is 9. The predicted molar refractivity (Wildman–Crippen MR) is 139 cm³/mol. The summed E-state index contributed by atoms with van der Waals surface area (Å²) in [5.74, 6) is -10.8. The van der Waals surface area contributed by atoms with Crippen molar-refractivity contribution in [3.8, 4) is 17.2 Å². The highest BCUT2D eigenvalue weighted by Gasteiger charge is 2.42. The van der Waals surface area contributed by atoms with Gasteiger partial charge in [0.25, 0.3) is 0 Å². The van der Waals surface area contributed by atoms with Crippen molar-refractivity contribution in [1.82, 2.24) is 15.1 Å². The number of urea groups is 1. The number of nitrogens with one attached hydrogen (secondary N) is 1. The maximum absolute atomic E-state index is 15.1. The van der Waals surface area contributed by atoms with Gasteiger partial charge in [0.2, 0.25) is 0 Å². The van der Waals surface area contributed by atoms with Gasteiger partial charge in [-0.15, -0.1) is 0 Å². The largest absolute Gasteiger partial charge is 0.535 e. The monoisotopic (exact) mass is 609 g/mol. The number of piperazine rings is 1. The van der Waals surface area contributed by atoms with Crippen LogP contribution in [0, 0.1) is 11.6 Å². The van der Waals surface area contributed by atoms with Crippen LogP contribution in [0.2, 0.25) is 10.8 Å². The number of rotatable bonds is 7. The Morgan fingerprint density at radius 2 is 1.86 bits per heavy atom. The quantitative estimate of drug-likeness (QED) is 0.175. The molecule has 2 atom stereocenters. The number of ketones is 1. The van der Waals surface area contributed by atoms with Crippen LogP contribution in [0.3, 0.4) is 0 Å². The molecule has 4 rings (SSSR count). The van der Waals surface area contributed by atoms with E-state index in [1.54, 1.807) is 6.92 Å². The second kappa shape index (κ2) is 11.8. The van der Waals surface area contributed by atoms with Crippen molar-refractivity contribution in [1.29, 1.82) is 0 Å². The molecule has 42 heavy (non-hydrogen) atoms. The molecule has 2 aromatic carbocycles. The van der Waals surface area contributed by atoms with Crippen molar-refractivity contribution in [2.45, 2.75) is 31.6 Å². The first-order valence-corrected chi connectivity index (χ1v) is 12.9. The molecular formula is C25H23BClF2N3O10. The Hall–Kier alpha value is -4.44. The number of fused-ring (bicyclic) bond motifs is 1. The number of aromatic hydroxyl groups is 2. The molecular weight excluding hydrogens is 587 g/mol. The van der Waals surface area contributed by atoms with E-state index in [4.69, 9.17) is 16.3 Å². The zero-order chi connectivity index (χ0) is 31.0. The fourth-order valence-electron chi connectivity index (χ4n) is 4.81. The van der Waals surface area contributed by atoms with Crippen LogP contribution in [0.25, 0.3) is 0 Å². The Balaban J connectivity index is 1.66. The van der Waals surface area contributed by atoms with E-state index in [1.165, 1.54) is 11.0 Å². The molecule has 0 bridgehead atoms. The SMILES string of the molecule is CCN1CCN(C(=O)N[C@@H](C(=O)C[C@H]2Cc3ccc(F)c(C(=O)O)c3OB2O)c2c(F)cc(O)c(O)c2Cl)C(=O)C1=O.